The molecule has 5 nitrogen and oxygen atoms in total. The summed E-state index contributed by atoms with van der Waals surface area (Å²) in [6, 6.07) is 1.72. The number of carbonyl (C=O) groups is 2. The van der Waals surface area contributed by atoms with Crippen molar-refractivity contribution in [3.63, 3.8) is 0 Å². The number of furan rings is 1. The quantitative estimate of drug-likeness (QED) is 0.857. The van der Waals surface area contributed by atoms with Crippen LogP contribution < -0.4 is 5.32 Å². The third-order valence-corrected chi connectivity index (χ3v) is 5.75. The maximum Gasteiger partial charge on any atom is 0.257 e. The number of carbonyl (C=O) groups excluding carboxylic acids is 2. The fraction of sp³-hybridized carbons (Fsp3) is 0.600. The molecule has 22 heavy (non-hydrogen) atoms. The zero-order valence-electron chi connectivity index (χ0n) is 12.3. The number of piperidine rings is 1. The molecule has 7 heteroatoms. The Kier molecular flexibility index (Phi) is 3.89. The highest BCUT2D eigenvalue weighted by molar-refractivity contribution is 6.53. The molecule has 0 spiro atoms. The number of hydrogen-bond acceptors (Lipinski definition) is 3. The maximum atomic E-state index is 12.2. The van der Waals surface area contributed by atoms with E-state index in [4.69, 9.17) is 27.6 Å². The van der Waals surface area contributed by atoms with Crippen LogP contribution in [0.2, 0.25) is 0 Å². The first-order valence-electron chi connectivity index (χ1n) is 7.34. The van der Waals surface area contributed by atoms with E-state index >= 15 is 0 Å². The predicted molar refractivity (Wildman–Crippen MR) is 82.9 cm³/mol. The zero-order chi connectivity index (χ0) is 16.0. The van der Waals surface area contributed by atoms with Gasteiger partial charge in [-0.25, -0.2) is 0 Å². The molecule has 1 aromatic heterocycles. The van der Waals surface area contributed by atoms with Crippen molar-refractivity contribution in [2.45, 2.75) is 36.6 Å². The van der Waals surface area contributed by atoms with Crippen molar-refractivity contribution in [1.82, 2.24) is 10.2 Å². The molecule has 2 fully saturated rings. The maximum absolute atomic E-state index is 12.2. The minimum atomic E-state index is -0.949. The second-order valence-corrected chi connectivity index (χ2v) is 7.75. The fourth-order valence-corrected chi connectivity index (χ4v) is 3.49. The van der Waals surface area contributed by atoms with Crippen LogP contribution in [0.25, 0.3) is 0 Å². The van der Waals surface area contributed by atoms with E-state index in [0.29, 0.717) is 25.1 Å². The van der Waals surface area contributed by atoms with Crippen LogP contribution in [0.1, 0.15) is 36.5 Å². The molecule has 2 amide bonds. The molecule has 1 N–H and O–H groups in total. The molecular formula is C15H18Cl2N2O3. The Bertz CT molecular complexity index is 580. The fourth-order valence-electron chi connectivity index (χ4n) is 2.79. The highest BCUT2D eigenvalue weighted by Crippen LogP contribution is 2.63. The van der Waals surface area contributed by atoms with Gasteiger partial charge < -0.3 is 14.6 Å². The van der Waals surface area contributed by atoms with Crippen LogP contribution in [0, 0.1) is 5.41 Å². The molecule has 0 bridgehead atoms. The van der Waals surface area contributed by atoms with Crippen LogP contribution in [-0.2, 0) is 4.79 Å². The van der Waals surface area contributed by atoms with Gasteiger partial charge >= 0.3 is 0 Å². The second kappa shape index (κ2) is 5.46. The molecule has 1 saturated heterocycles. The number of nitrogens with zero attached hydrogens (tertiary/aromatic N) is 1. The third kappa shape index (κ3) is 2.72. The lowest BCUT2D eigenvalue weighted by Gasteiger charge is -2.32. The van der Waals surface area contributed by atoms with Gasteiger partial charge in [-0.2, -0.15) is 0 Å². The van der Waals surface area contributed by atoms with E-state index in [2.05, 4.69) is 5.32 Å². The Morgan fingerprint density at radius 1 is 1.36 bits per heavy atom. The van der Waals surface area contributed by atoms with Crippen molar-refractivity contribution in [1.29, 1.82) is 0 Å². The smallest absolute Gasteiger partial charge is 0.257 e. The van der Waals surface area contributed by atoms with Gasteiger partial charge in [0.15, 0.2) is 0 Å². The van der Waals surface area contributed by atoms with E-state index in [0.717, 1.165) is 12.8 Å². The van der Waals surface area contributed by atoms with E-state index in [9.17, 15) is 9.59 Å². The normalized spacial score (nSPS) is 27.5. The van der Waals surface area contributed by atoms with Crippen LogP contribution >= 0.6 is 23.2 Å². The summed E-state index contributed by atoms with van der Waals surface area (Å²) in [5, 5.41) is 3.01. The lowest BCUT2D eigenvalue weighted by atomic mass is 10.0. The number of nitrogens with one attached hydrogen (secondary N) is 1. The van der Waals surface area contributed by atoms with E-state index in [1.54, 1.807) is 17.9 Å². The molecule has 2 heterocycles. The second-order valence-electron chi connectivity index (χ2n) is 6.27. The molecule has 1 unspecified atom stereocenters. The predicted octanol–water partition coefficient (Wildman–Crippen LogP) is 2.58. The highest BCUT2D eigenvalue weighted by atomic mass is 35.5. The highest BCUT2D eigenvalue weighted by Gasteiger charge is 2.68. The summed E-state index contributed by atoms with van der Waals surface area (Å²) in [5.74, 6) is -0.134. The zero-order valence-corrected chi connectivity index (χ0v) is 13.8. The lowest BCUT2D eigenvalue weighted by molar-refractivity contribution is -0.126. The third-order valence-electron chi connectivity index (χ3n) is 4.64. The molecule has 120 valence electrons. The van der Waals surface area contributed by atoms with Crippen molar-refractivity contribution < 1.29 is 14.0 Å². The van der Waals surface area contributed by atoms with Crippen molar-refractivity contribution in [2.75, 3.05) is 13.1 Å². The Labute approximate surface area is 138 Å². The first-order chi connectivity index (χ1) is 10.3. The van der Waals surface area contributed by atoms with Crippen LogP contribution in [0.3, 0.4) is 0 Å². The molecule has 2 aliphatic rings. The van der Waals surface area contributed by atoms with E-state index in [1.165, 1.54) is 12.5 Å². The average Bonchev–Trinajstić information content (AvgIpc) is 2.87. The van der Waals surface area contributed by atoms with Crippen LogP contribution in [-0.4, -0.2) is 40.2 Å². The summed E-state index contributed by atoms with van der Waals surface area (Å²) in [6.07, 6.45) is 4.87. The Balaban J connectivity index is 1.50. The number of likely N-dealkylation sites (tertiary alicyclic amines) is 1. The van der Waals surface area contributed by atoms with Gasteiger partial charge in [0, 0.05) is 19.1 Å². The van der Waals surface area contributed by atoms with Gasteiger partial charge in [-0.1, -0.05) is 0 Å². The Morgan fingerprint density at radius 2 is 2.00 bits per heavy atom. The van der Waals surface area contributed by atoms with Gasteiger partial charge in [-0.05, 0) is 32.3 Å². The number of rotatable bonds is 3. The molecule has 1 aliphatic carbocycles. The monoisotopic (exact) mass is 344 g/mol. The van der Waals surface area contributed by atoms with Crippen molar-refractivity contribution in [3.05, 3.63) is 24.2 Å². The molecule has 1 atom stereocenters. The number of halogens is 2. The molecule has 0 radical (unpaired) electrons. The number of amides is 2. The van der Waals surface area contributed by atoms with Gasteiger partial charge in [-0.15, -0.1) is 23.2 Å². The summed E-state index contributed by atoms with van der Waals surface area (Å²) in [5.41, 5.74) is -0.137. The molecule has 0 aromatic carbocycles. The Hall–Kier alpha value is -1.20. The summed E-state index contributed by atoms with van der Waals surface area (Å²) in [4.78, 5) is 26.2. The standard InChI is InChI=1S/C15H18Cl2N2O3/c1-14(9-15(14,16)17)13(21)18-11-2-5-19(6-3-11)12(20)10-4-7-22-8-10/h4,7-8,11H,2-3,5-6,9H2,1H3,(H,18,21). The average molecular weight is 345 g/mol. The molecule has 1 aromatic rings. The van der Waals surface area contributed by atoms with Crippen LogP contribution in [0.15, 0.2) is 23.0 Å². The summed E-state index contributed by atoms with van der Waals surface area (Å²) in [6.45, 7) is 3.00. The minimum Gasteiger partial charge on any atom is -0.472 e. The number of hydrogen-bond donors (Lipinski definition) is 1. The van der Waals surface area contributed by atoms with Crippen LogP contribution in [0.4, 0.5) is 0 Å². The van der Waals surface area contributed by atoms with Crippen molar-refractivity contribution in [3.8, 4) is 0 Å². The van der Waals surface area contributed by atoms with Crippen molar-refractivity contribution >= 4 is 35.0 Å². The minimum absolute atomic E-state index is 0.0341. The first-order valence-corrected chi connectivity index (χ1v) is 8.09. The SMILES string of the molecule is CC1(C(=O)NC2CCN(C(=O)c3ccoc3)CC2)CC1(Cl)Cl. The summed E-state index contributed by atoms with van der Waals surface area (Å²) < 4.78 is 3.99. The van der Waals surface area contributed by atoms with Gasteiger partial charge in [0.1, 0.15) is 10.6 Å². The van der Waals surface area contributed by atoms with Crippen LogP contribution in [0.5, 0.6) is 0 Å². The summed E-state index contributed by atoms with van der Waals surface area (Å²) in [7, 11) is 0. The topological polar surface area (TPSA) is 62.6 Å². The molecule has 1 aliphatic heterocycles. The van der Waals surface area contributed by atoms with Gasteiger partial charge in [0.05, 0.1) is 17.2 Å². The van der Waals surface area contributed by atoms with Gasteiger partial charge in [0.2, 0.25) is 5.91 Å². The number of alkyl halides is 2. The Morgan fingerprint density at radius 3 is 2.50 bits per heavy atom. The molecule has 3 rings (SSSR count). The van der Waals surface area contributed by atoms with Gasteiger partial charge in [0.25, 0.3) is 5.91 Å². The molecular weight excluding hydrogens is 327 g/mol. The van der Waals surface area contributed by atoms with Gasteiger partial charge in [-0.3, -0.25) is 9.59 Å². The largest absolute Gasteiger partial charge is 0.472 e. The van der Waals surface area contributed by atoms with Crippen molar-refractivity contribution in [2.24, 2.45) is 5.41 Å². The lowest BCUT2D eigenvalue weighted by Crippen LogP contribution is -2.48. The molecule has 1 saturated carbocycles. The van der Waals surface area contributed by atoms with E-state index in [1.807, 2.05) is 0 Å². The van der Waals surface area contributed by atoms with E-state index < -0.39 is 9.75 Å². The van der Waals surface area contributed by atoms with E-state index in [-0.39, 0.29) is 17.9 Å². The first kappa shape index (κ1) is 15.7. The summed E-state index contributed by atoms with van der Waals surface area (Å²) >= 11 is 12.1.